The number of ether oxygens (including phenoxy) is 1. The minimum Gasteiger partial charge on any atom is -0.395 e. The van der Waals surface area contributed by atoms with Gasteiger partial charge in [0.2, 0.25) is 0 Å². The molecule has 0 aliphatic rings. The van der Waals surface area contributed by atoms with Crippen LogP contribution in [0.25, 0.3) is 0 Å². The molecule has 1 rings (SSSR count). The van der Waals surface area contributed by atoms with E-state index < -0.39 is 0 Å². The monoisotopic (exact) mass is 265 g/mol. The van der Waals surface area contributed by atoms with Crippen LogP contribution in [0.3, 0.4) is 0 Å². The third-order valence-electron chi connectivity index (χ3n) is 3.72. The van der Waals surface area contributed by atoms with Crippen molar-refractivity contribution in [3.63, 3.8) is 0 Å². The summed E-state index contributed by atoms with van der Waals surface area (Å²) in [7, 11) is 0. The topological polar surface area (TPSA) is 55.5 Å². The van der Waals surface area contributed by atoms with Gasteiger partial charge in [-0.3, -0.25) is 0 Å². The zero-order valence-corrected chi connectivity index (χ0v) is 12.2. The SMILES string of the molecule is CCCCOCCC(CN)(CO)c1ccc(C)cc1. The first kappa shape index (κ1) is 16.2. The first-order valence-electron chi connectivity index (χ1n) is 7.14. The van der Waals surface area contributed by atoms with E-state index in [1.807, 2.05) is 0 Å². The molecule has 0 radical (unpaired) electrons. The molecule has 1 unspecified atom stereocenters. The zero-order valence-electron chi connectivity index (χ0n) is 12.2. The highest BCUT2D eigenvalue weighted by Gasteiger charge is 2.29. The van der Waals surface area contributed by atoms with Crippen LogP contribution in [0.1, 0.15) is 37.3 Å². The lowest BCUT2D eigenvalue weighted by Crippen LogP contribution is -2.40. The molecule has 3 nitrogen and oxygen atoms in total. The summed E-state index contributed by atoms with van der Waals surface area (Å²) >= 11 is 0. The van der Waals surface area contributed by atoms with Crippen LogP contribution in [-0.2, 0) is 10.2 Å². The number of rotatable bonds is 9. The molecule has 0 spiro atoms. The number of aliphatic hydroxyl groups excluding tert-OH is 1. The number of aliphatic hydroxyl groups is 1. The van der Waals surface area contributed by atoms with Crippen LogP contribution in [0.2, 0.25) is 0 Å². The maximum Gasteiger partial charge on any atom is 0.0541 e. The summed E-state index contributed by atoms with van der Waals surface area (Å²) in [4.78, 5) is 0. The lowest BCUT2D eigenvalue weighted by atomic mass is 9.78. The van der Waals surface area contributed by atoms with Crippen molar-refractivity contribution in [1.29, 1.82) is 0 Å². The van der Waals surface area contributed by atoms with Gasteiger partial charge in [-0.1, -0.05) is 43.2 Å². The van der Waals surface area contributed by atoms with E-state index in [0.717, 1.165) is 31.4 Å². The number of aryl methyl sites for hydroxylation is 1. The van der Waals surface area contributed by atoms with E-state index in [4.69, 9.17) is 10.5 Å². The van der Waals surface area contributed by atoms with Gasteiger partial charge < -0.3 is 15.6 Å². The van der Waals surface area contributed by atoms with Crippen molar-refractivity contribution < 1.29 is 9.84 Å². The molecule has 0 fully saturated rings. The predicted molar refractivity (Wildman–Crippen MR) is 79.3 cm³/mol. The van der Waals surface area contributed by atoms with Crippen LogP contribution >= 0.6 is 0 Å². The van der Waals surface area contributed by atoms with Gasteiger partial charge in [0, 0.05) is 25.2 Å². The molecule has 1 aromatic carbocycles. The molecule has 1 aromatic rings. The molecular weight excluding hydrogens is 238 g/mol. The standard InChI is InChI=1S/C16H27NO2/c1-3-4-10-19-11-9-16(12-17,13-18)15-7-5-14(2)6-8-15/h5-8,18H,3-4,9-13,17H2,1-2H3. The Morgan fingerprint density at radius 2 is 1.89 bits per heavy atom. The second-order valence-electron chi connectivity index (χ2n) is 5.22. The van der Waals surface area contributed by atoms with Crippen molar-refractivity contribution in [2.75, 3.05) is 26.4 Å². The Hall–Kier alpha value is -0.900. The van der Waals surface area contributed by atoms with E-state index in [-0.39, 0.29) is 12.0 Å². The number of benzene rings is 1. The highest BCUT2D eigenvalue weighted by Crippen LogP contribution is 2.27. The maximum atomic E-state index is 9.77. The van der Waals surface area contributed by atoms with Crippen LogP contribution < -0.4 is 5.73 Å². The highest BCUT2D eigenvalue weighted by molar-refractivity contribution is 5.29. The Morgan fingerprint density at radius 3 is 2.42 bits per heavy atom. The molecule has 0 amide bonds. The van der Waals surface area contributed by atoms with Crippen LogP contribution in [-0.4, -0.2) is 31.5 Å². The number of hydrogen-bond acceptors (Lipinski definition) is 3. The molecule has 108 valence electrons. The van der Waals surface area contributed by atoms with Crippen molar-refractivity contribution >= 4 is 0 Å². The van der Waals surface area contributed by atoms with Gasteiger partial charge in [-0.2, -0.15) is 0 Å². The van der Waals surface area contributed by atoms with Crippen LogP contribution in [0, 0.1) is 6.92 Å². The minimum atomic E-state index is -0.375. The average Bonchev–Trinajstić information content (AvgIpc) is 2.45. The Labute approximate surface area is 116 Å². The Kier molecular flexibility index (Phi) is 7.06. The van der Waals surface area contributed by atoms with Crippen LogP contribution in [0.5, 0.6) is 0 Å². The fourth-order valence-corrected chi connectivity index (χ4v) is 2.12. The molecule has 0 heterocycles. The summed E-state index contributed by atoms with van der Waals surface area (Å²) in [6, 6.07) is 8.25. The molecule has 1 atom stereocenters. The molecular formula is C16H27NO2. The molecule has 19 heavy (non-hydrogen) atoms. The largest absolute Gasteiger partial charge is 0.395 e. The van der Waals surface area contributed by atoms with E-state index >= 15 is 0 Å². The van der Waals surface area contributed by atoms with Gasteiger partial charge in [0.25, 0.3) is 0 Å². The second kappa shape index (κ2) is 8.31. The van der Waals surface area contributed by atoms with Gasteiger partial charge in [0.05, 0.1) is 6.61 Å². The van der Waals surface area contributed by atoms with Crippen LogP contribution in [0.4, 0.5) is 0 Å². The molecule has 0 aromatic heterocycles. The third kappa shape index (κ3) is 4.60. The summed E-state index contributed by atoms with van der Waals surface area (Å²) in [6.45, 7) is 6.13. The third-order valence-corrected chi connectivity index (χ3v) is 3.72. The van der Waals surface area contributed by atoms with Gasteiger partial charge in [0.15, 0.2) is 0 Å². The Balaban J connectivity index is 2.65. The zero-order chi connectivity index (χ0) is 14.1. The van der Waals surface area contributed by atoms with Crippen LogP contribution in [0.15, 0.2) is 24.3 Å². The van der Waals surface area contributed by atoms with Gasteiger partial charge in [-0.15, -0.1) is 0 Å². The second-order valence-corrected chi connectivity index (χ2v) is 5.22. The van der Waals surface area contributed by atoms with Crippen molar-refractivity contribution in [2.24, 2.45) is 5.73 Å². The van der Waals surface area contributed by atoms with Crippen molar-refractivity contribution in [3.8, 4) is 0 Å². The molecule has 0 aliphatic heterocycles. The normalized spacial score (nSPS) is 14.3. The lowest BCUT2D eigenvalue weighted by molar-refractivity contribution is 0.0930. The van der Waals surface area contributed by atoms with E-state index in [1.54, 1.807) is 0 Å². The smallest absolute Gasteiger partial charge is 0.0541 e. The van der Waals surface area contributed by atoms with Gasteiger partial charge in [-0.25, -0.2) is 0 Å². The quantitative estimate of drug-likeness (QED) is 0.674. The van der Waals surface area contributed by atoms with E-state index in [9.17, 15) is 5.11 Å². The molecule has 0 bridgehead atoms. The van der Waals surface area contributed by atoms with Gasteiger partial charge >= 0.3 is 0 Å². The molecule has 3 N–H and O–H groups in total. The van der Waals surface area contributed by atoms with E-state index in [1.165, 1.54) is 5.56 Å². The van der Waals surface area contributed by atoms with E-state index in [2.05, 4.69) is 38.1 Å². The van der Waals surface area contributed by atoms with Gasteiger partial charge in [0.1, 0.15) is 0 Å². The van der Waals surface area contributed by atoms with Crippen molar-refractivity contribution in [3.05, 3.63) is 35.4 Å². The summed E-state index contributed by atoms with van der Waals surface area (Å²) < 4.78 is 5.61. The minimum absolute atomic E-state index is 0.0592. The number of unbranched alkanes of at least 4 members (excludes halogenated alkanes) is 1. The lowest BCUT2D eigenvalue weighted by Gasteiger charge is -2.31. The summed E-state index contributed by atoms with van der Waals surface area (Å²) in [5.74, 6) is 0. The molecule has 0 saturated carbocycles. The molecule has 3 heteroatoms. The van der Waals surface area contributed by atoms with Crippen molar-refractivity contribution in [2.45, 2.75) is 38.5 Å². The molecule has 0 aliphatic carbocycles. The summed E-state index contributed by atoms with van der Waals surface area (Å²) in [6.07, 6.45) is 2.98. The summed E-state index contributed by atoms with van der Waals surface area (Å²) in [5.41, 5.74) is 7.85. The highest BCUT2D eigenvalue weighted by atomic mass is 16.5. The van der Waals surface area contributed by atoms with Gasteiger partial charge in [-0.05, 0) is 25.3 Å². The fourth-order valence-electron chi connectivity index (χ4n) is 2.12. The first-order chi connectivity index (χ1) is 9.18. The maximum absolute atomic E-state index is 9.77. The molecule has 0 saturated heterocycles. The van der Waals surface area contributed by atoms with Crippen molar-refractivity contribution in [1.82, 2.24) is 0 Å². The summed E-state index contributed by atoms with van der Waals surface area (Å²) in [5, 5.41) is 9.77. The number of hydrogen-bond donors (Lipinski definition) is 2. The Bertz CT molecular complexity index is 344. The number of nitrogens with two attached hydrogens (primary N) is 1. The Morgan fingerprint density at radius 1 is 1.21 bits per heavy atom. The predicted octanol–water partition coefficient (Wildman–Crippen LogP) is 2.39. The fraction of sp³-hybridized carbons (Fsp3) is 0.625. The average molecular weight is 265 g/mol. The van der Waals surface area contributed by atoms with E-state index in [0.29, 0.717) is 13.2 Å². The first-order valence-corrected chi connectivity index (χ1v) is 7.14.